The zero-order valence-corrected chi connectivity index (χ0v) is 26.2. The van der Waals surface area contributed by atoms with Crippen molar-refractivity contribution in [3.8, 4) is 28.4 Å². The maximum atomic E-state index is 14.1. The summed E-state index contributed by atoms with van der Waals surface area (Å²) in [7, 11) is 0. The SMILES string of the molecule is CC(C)Oc1ccc(C2(c3ccc(OC(C)C)cc3)C=Cc3c4c(c5cc(C(F)(F)F)ccc5c3O2)-c2ccccc2CC4)cc1. The van der Waals surface area contributed by atoms with E-state index >= 15 is 0 Å². The number of alkyl halides is 3. The summed E-state index contributed by atoms with van der Waals surface area (Å²) in [5.41, 5.74) is 4.88. The Labute approximate surface area is 267 Å². The molecule has 1 aliphatic carbocycles. The van der Waals surface area contributed by atoms with E-state index < -0.39 is 17.3 Å². The molecule has 0 spiro atoms. The molecule has 0 fully saturated rings. The van der Waals surface area contributed by atoms with Crippen LogP contribution in [0, 0.1) is 0 Å². The van der Waals surface area contributed by atoms with E-state index in [1.807, 2.05) is 94.4 Å². The van der Waals surface area contributed by atoms with Crippen LogP contribution in [-0.2, 0) is 24.6 Å². The summed E-state index contributed by atoms with van der Waals surface area (Å²) >= 11 is 0. The summed E-state index contributed by atoms with van der Waals surface area (Å²) in [5, 5.41) is 1.19. The molecule has 0 atom stereocenters. The third-order valence-corrected chi connectivity index (χ3v) is 8.72. The van der Waals surface area contributed by atoms with Crippen molar-refractivity contribution in [2.24, 2.45) is 0 Å². The van der Waals surface area contributed by atoms with Crippen molar-refractivity contribution in [1.82, 2.24) is 0 Å². The van der Waals surface area contributed by atoms with Gasteiger partial charge < -0.3 is 14.2 Å². The number of halogens is 3. The van der Waals surface area contributed by atoms with Crippen LogP contribution in [0.1, 0.15) is 61.1 Å². The molecule has 3 nitrogen and oxygen atoms in total. The standard InChI is InChI=1S/C40H35F3O3/c1-24(2)44-30-15-10-27(11-16-30)39(28-12-17-31(18-13-28)45-25(3)4)22-21-35-33-19-9-26-7-5-6-8-32(26)37(33)36-23-29(40(41,42)43)14-20-34(36)38(35)46-39/h5-8,10-18,20-25H,9,19H2,1-4H3. The van der Waals surface area contributed by atoms with Gasteiger partial charge in [-0.2, -0.15) is 13.2 Å². The van der Waals surface area contributed by atoms with Crippen molar-refractivity contribution in [2.45, 2.75) is 64.5 Å². The van der Waals surface area contributed by atoms with Gasteiger partial charge in [-0.15, -0.1) is 0 Å². The van der Waals surface area contributed by atoms with Gasteiger partial charge in [-0.3, -0.25) is 0 Å². The van der Waals surface area contributed by atoms with Crippen LogP contribution in [0.5, 0.6) is 17.2 Å². The van der Waals surface area contributed by atoms with Crippen molar-refractivity contribution < 1.29 is 27.4 Å². The molecular formula is C40H35F3O3. The molecule has 0 unspecified atom stereocenters. The maximum Gasteiger partial charge on any atom is 0.416 e. The average Bonchev–Trinajstić information content (AvgIpc) is 3.03. The molecule has 46 heavy (non-hydrogen) atoms. The predicted octanol–water partition coefficient (Wildman–Crippen LogP) is 10.5. The fourth-order valence-corrected chi connectivity index (χ4v) is 6.78. The molecule has 0 radical (unpaired) electrons. The molecule has 5 aromatic rings. The van der Waals surface area contributed by atoms with Gasteiger partial charge >= 0.3 is 6.18 Å². The Hall–Kier alpha value is -4.71. The van der Waals surface area contributed by atoms with Crippen molar-refractivity contribution in [3.63, 3.8) is 0 Å². The quantitative estimate of drug-likeness (QED) is 0.189. The number of hydrogen-bond donors (Lipinski definition) is 0. The van der Waals surface area contributed by atoms with Crippen LogP contribution in [-0.4, -0.2) is 12.2 Å². The lowest BCUT2D eigenvalue weighted by Gasteiger charge is -2.38. The minimum Gasteiger partial charge on any atom is -0.491 e. The number of fused-ring (bicyclic) bond motifs is 8. The second-order valence-electron chi connectivity index (χ2n) is 12.6. The Morgan fingerprint density at radius 3 is 1.91 bits per heavy atom. The normalized spacial score (nSPS) is 14.9. The van der Waals surface area contributed by atoms with E-state index in [-0.39, 0.29) is 12.2 Å². The number of rotatable bonds is 6. The molecule has 0 N–H and O–H groups in total. The Morgan fingerprint density at radius 2 is 1.33 bits per heavy atom. The fourth-order valence-electron chi connectivity index (χ4n) is 6.78. The maximum absolute atomic E-state index is 14.1. The molecule has 0 amide bonds. The highest BCUT2D eigenvalue weighted by molar-refractivity contribution is 6.06. The lowest BCUT2D eigenvalue weighted by molar-refractivity contribution is -0.137. The smallest absolute Gasteiger partial charge is 0.416 e. The van der Waals surface area contributed by atoms with Crippen LogP contribution in [0.3, 0.4) is 0 Å². The van der Waals surface area contributed by atoms with Gasteiger partial charge in [0.2, 0.25) is 0 Å². The van der Waals surface area contributed by atoms with Gasteiger partial charge in [0.25, 0.3) is 0 Å². The molecule has 0 aromatic heterocycles. The molecule has 6 heteroatoms. The van der Waals surface area contributed by atoms with Gasteiger partial charge in [-0.25, -0.2) is 0 Å². The summed E-state index contributed by atoms with van der Waals surface area (Å²) in [5.74, 6) is 2.06. The third kappa shape index (κ3) is 5.20. The molecule has 5 aromatic carbocycles. The molecule has 234 valence electrons. The first-order chi connectivity index (χ1) is 22.0. The molecule has 7 rings (SSSR count). The van der Waals surface area contributed by atoms with E-state index in [9.17, 15) is 13.2 Å². The van der Waals surface area contributed by atoms with Crippen molar-refractivity contribution in [2.75, 3.05) is 0 Å². The van der Waals surface area contributed by atoms with Crippen molar-refractivity contribution in [1.29, 1.82) is 0 Å². The first kappa shape index (κ1) is 30.0. The van der Waals surface area contributed by atoms with Gasteiger partial charge in [0.05, 0.1) is 17.8 Å². The Kier molecular flexibility index (Phi) is 7.34. The number of ether oxygens (including phenoxy) is 3. The van der Waals surface area contributed by atoms with Crippen LogP contribution >= 0.6 is 0 Å². The van der Waals surface area contributed by atoms with Gasteiger partial charge in [-0.1, -0.05) is 60.7 Å². The van der Waals surface area contributed by atoms with Crippen LogP contribution in [0.2, 0.25) is 0 Å². The molecule has 1 aliphatic heterocycles. The zero-order chi connectivity index (χ0) is 32.2. The largest absolute Gasteiger partial charge is 0.491 e. The van der Waals surface area contributed by atoms with Crippen LogP contribution in [0.15, 0.2) is 97.1 Å². The van der Waals surface area contributed by atoms with Crippen LogP contribution < -0.4 is 14.2 Å². The van der Waals surface area contributed by atoms with Gasteiger partial charge in [0.15, 0.2) is 5.60 Å². The fraction of sp³-hybridized carbons (Fsp3) is 0.250. The van der Waals surface area contributed by atoms with E-state index in [0.29, 0.717) is 22.9 Å². The molecule has 1 heterocycles. The number of benzene rings is 5. The van der Waals surface area contributed by atoms with E-state index in [2.05, 4.69) is 18.2 Å². The lowest BCUT2D eigenvalue weighted by Crippen LogP contribution is -2.34. The Morgan fingerprint density at radius 1 is 0.717 bits per heavy atom. The highest BCUT2D eigenvalue weighted by Crippen LogP contribution is 2.52. The van der Waals surface area contributed by atoms with E-state index in [0.717, 1.165) is 62.9 Å². The monoisotopic (exact) mass is 620 g/mol. The summed E-state index contributed by atoms with van der Waals surface area (Å²) in [4.78, 5) is 0. The lowest BCUT2D eigenvalue weighted by atomic mass is 9.77. The van der Waals surface area contributed by atoms with E-state index in [1.54, 1.807) is 6.07 Å². The van der Waals surface area contributed by atoms with E-state index in [4.69, 9.17) is 14.2 Å². The summed E-state index contributed by atoms with van der Waals surface area (Å²) in [6, 6.07) is 27.7. The summed E-state index contributed by atoms with van der Waals surface area (Å²) in [6.45, 7) is 7.92. The second-order valence-corrected chi connectivity index (χ2v) is 12.6. The number of hydrogen-bond acceptors (Lipinski definition) is 3. The minimum atomic E-state index is -4.48. The summed E-state index contributed by atoms with van der Waals surface area (Å²) in [6.07, 6.45) is 1.24. The summed E-state index contributed by atoms with van der Waals surface area (Å²) < 4.78 is 61.4. The van der Waals surface area contributed by atoms with E-state index in [1.165, 1.54) is 6.07 Å². The third-order valence-electron chi connectivity index (χ3n) is 8.72. The highest BCUT2D eigenvalue weighted by Gasteiger charge is 2.40. The molecule has 0 saturated heterocycles. The topological polar surface area (TPSA) is 27.7 Å². The average molecular weight is 621 g/mol. The van der Waals surface area contributed by atoms with Crippen molar-refractivity contribution in [3.05, 3.63) is 130 Å². The first-order valence-electron chi connectivity index (χ1n) is 15.7. The molecule has 2 aliphatic rings. The van der Waals surface area contributed by atoms with Gasteiger partial charge in [0.1, 0.15) is 17.2 Å². The van der Waals surface area contributed by atoms with Gasteiger partial charge in [-0.05, 0) is 111 Å². The predicted molar refractivity (Wildman–Crippen MR) is 177 cm³/mol. The molecule has 0 bridgehead atoms. The Balaban J connectivity index is 1.46. The Bertz CT molecular complexity index is 1900. The van der Waals surface area contributed by atoms with Crippen molar-refractivity contribution >= 4 is 16.8 Å². The van der Waals surface area contributed by atoms with Crippen LogP contribution in [0.4, 0.5) is 13.2 Å². The zero-order valence-electron chi connectivity index (χ0n) is 26.2. The second kappa shape index (κ2) is 11.3. The molecular weight excluding hydrogens is 585 g/mol. The number of aryl methyl sites for hydroxylation is 1. The first-order valence-corrected chi connectivity index (χ1v) is 15.7. The minimum absolute atomic E-state index is 0.0234. The highest BCUT2D eigenvalue weighted by atomic mass is 19.4. The van der Waals surface area contributed by atoms with Crippen LogP contribution in [0.25, 0.3) is 28.0 Å². The molecule has 0 saturated carbocycles. The van der Waals surface area contributed by atoms with Gasteiger partial charge in [0, 0.05) is 22.1 Å².